The number of benzene rings is 2. The van der Waals surface area contributed by atoms with Crippen LogP contribution in [0.5, 0.6) is 0 Å². The Morgan fingerprint density at radius 3 is 2.45 bits per heavy atom. The maximum Gasteiger partial charge on any atom is 0.251 e. The summed E-state index contributed by atoms with van der Waals surface area (Å²) < 4.78 is 1.02. The van der Waals surface area contributed by atoms with Crippen LogP contribution in [0.4, 0.5) is 11.8 Å². The number of nitrogens with zero attached hydrogens (tertiary/aromatic N) is 3. The number of para-hydroxylation sites is 1. The fourth-order valence-electron chi connectivity index (χ4n) is 4.08. The summed E-state index contributed by atoms with van der Waals surface area (Å²) in [5.74, 6) is 1.58. The van der Waals surface area contributed by atoms with Gasteiger partial charge < -0.3 is 15.5 Å². The quantitative estimate of drug-likeness (QED) is 0.540. The van der Waals surface area contributed by atoms with Crippen LogP contribution in [0.1, 0.15) is 41.6 Å². The number of nitrogens with one attached hydrogen (secondary N) is 2. The Bertz CT molecular complexity index is 1090. The average molecular weight is 482 g/mol. The van der Waals surface area contributed by atoms with Crippen LogP contribution in [-0.2, 0) is 0 Å². The highest BCUT2D eigenvalue weighted by molar-refractivity contribution is 9.10. The Morgan fingerprint density at radius 2 is 1.74 bits per heavy atom. The number of aromatic nitrogens is 2. The molecular weight excluding hydrogens is 454 g/mol. The molecule has 1 aromatic heterocycles. The SMILES string of the molecule is Cc1cc(C(=O)N[C@H]2CC[C@@H](Nc3nc(N(C)C)c4ccccc4n3)CC2)ccc1Br. The summed E-state index contributed by atoms with van der Waals surface area (Å²) in [6.07, 6.45) is 3.82. The zero-order chi connectivity index (χ0) is 22.0. The first-order valence-corrected chi connectivity index (χ1v) is 11.5. The monoisotopic (exact) mass is 481 g/mol. The molecule has 0 bridgehead atoms. The molecule has 7 heteroatoms. The standard InChI is InChI=1S/C24H28BrN5O/c1-15-14-16(8-13-20(15)25)23(31)26-17-9-11-18(12-10-17)27-24-28-21-7-5-4-6-19(21)22(29-24)30(2)3/h4-8,13-14,17-18H,9-12H2,1-3H3,(H,26,31)(H,27,28,29)/t17-,18+. The van der Waals surface area contributed by atoms with Gasteiger partial charge in [-0.25, -0.2) is 4.98 Å². The highest BCUT2D eigenvalue weighted by atomic mass is 79.9. The molecule has 0 aliphatic heterocycles. The van der Waals surface area contributed by atoms with Crippen molar-refractivity contribution in [1.29, 1.82) is 0 Å². The molecular formula is C24H28BrN5O. The highest BCUT2D eigenvalue weighted by Gasteiger charge is 2.24. The van der Waals surface area contributed by atoms with Crippen molar-refractivity contribution in [2.75, 3.05) is 24.3 Å². The fourth-order valence-corrected chi connectivity index (χ4v) is 4.33. The molecule has 0 atom stereocenters. The van der Waals surface area contributed by atoms with Gasteiger partial charge in [-0.3, -0.25) is 4.79 Å². The lowest BCUT2D eigenvalue weighted by atomic mass is 9.91. The largest absolute Gasteiger partial charge is 0.362 e. The summed E-state index contributed by atoms with van der Waals surface area (Å²) in [5.41, 5.74) is 2.71. The third-order valence-electron chi connectivity index (χ3n) is 5.82. The lowest BCUT2D eigenvalue weighted by Crippen LogP contribution is -2.40. The molecule has 4 rings (SSSR count). The van der Waals surface area contributed by atoms with E-state index in [9.17, 15) is 4.79 Å². The molecule has 1 heterocycles. The van der Waals surface area contributed by atoms with Gasteiger partial charge in [0.25, 0.3) is 5.91 Å². The Balaban J connectivity index is 1.37. The molecule has 6 nitrogen and oxygen atoms in total. The Kier molecular flexibility index (Phi) is 6.41. The number of amides is 1. The summed E-state index contributed by atoms with van der Waals surface area (Å²) in [7, 11) is 4.00. The number of carbonyl (C=O) groups excluding carboxylic acids is 1. The topological polar surface area (TPSA) is 70.2 Å². The van der Waals surface area contributed by atoms with Crippen molar-refractivity contribution >= 4 is 44.5 Å². The molecule has 1 aliphatic rings. The van der Waals surface area contributed by atoms with Gasteiger partial charge in [0.05, 0.1) is 5.52 Å². The van der Waals surface area contributed by atoms with Crippen LogP contribution in [0, 0.1) is 6.92 Å². The molecule has 2 aromatic carbocycles. The molecule has 1 amide bonds. The maximum absolute atomic E-state index is 12.6. The molecule has 0 radical (unpaired) electrons. The van der Waals surface area contributed by atoms with E-state index in [0.717, 1.165) is 52.4 Å². The normalized spacial score (nSPS) is 18.6. The van der Waals surface area contributed by atoms with E-state index in [1.807, 2.05) is 62.3 Å². The molecule has 2 N–H and O–H groups in total. The van der Waals surface area contributed by atoms with E-state index < -0.39 is 0 Å². The van der Waals surface area contributed by atoms with Gasteiger partial charge in [0.15, 0.2) is 0 Å². The van der Waals surface area contributed by atoms with Crippen LogP contribution >= 0.6 is 15.9 Å². The second-order valence-corrected chi connectivity index (χ2v) is 9.27. The van der Waals surface area contributed by atoms with Crippen LogP contribution in [-0.4, -0.2) is 42.1 Å². The van der Waals surface area contributed by atoms with Crippen LogP contribution < -0.4 is 15.5 Å². The first-order chi connectivity index (χ1) is 14.9. The number of fused-ring (bicyclic) bond motifs is 1. The number of rotatable bonds is 5. The predicted octanol–water partition coefficient (Wildman–Crippen LogP) is 4.92. The van der Waals surface area contributed by atoms with E-state index in [0.29, 0.717) is 17.6 Å². The first-order valence-electron chi connectivity index (χ1n) is 10.7. The molecule has 31 heavy (non-hydrogen) atoms. The number of hydrogen-bond donors (Lipinski definition) is 2. The van der Waals surface area contributed by atoms with Crippen molar-refractivity contribution in [3.63, 3.8) is 0 Å². The molecule has 1 fully saturated rings. The number of aryl methyl sites for hydroxylation is 1. The Morgan fingerprint density at radius 1 is 1.03 bits per heavy atom. The zero-order valence-corrected chi connectivity index (χ0v) is 19.7. The van der Waals surface area contributed by atoms with Crippen molar-refractivity contribution in [1.82, 2.24) is 15.3 Å². The first kappa shape index (κ1) is 21.6. The molecule has 1 aliphatic carbocycles. The van der Waals surface area contributed by atoms with Gasteiger partial charge in [0.1, 0.15) is 5.82 Å². The van der Waals surface area contributed by atoms with Gasteiger partial charge in [-0.05, 0) is 68.5 Å². The van der Waals surface area contributed by atoms with Gasteiger partial charge in [-0.2, -0.15) is 4.98 Å². The molecule has 3 aromatic rings. The van der Waals surface area contributed by atoms with E-state index >= 15 is 0 Å². The van der Waals surface area contributed by atoms with Crippen molar-refractivity contribution in [2.45, 2.75) is 44.7 Å². The highest BCUT2D eigenvalue weighted by Crippen LogP contribution is 2.26. The van der Waals surface area contributed by atoms with E-state index in [-0.39, 0.29) is 11.9 Å². The number of halogens is 1. The lowest BCUT2D eigenvalue weighted by molar-refractivity contribution is 0.0926. The van der Waals surface area contributed by atoms with E-state index in [1.165, 1.54) is 0 Å². The second kappa shape index (κ2) is 9.22. The maximum atomic E-state index is 12.6. The van der Waals surface area contributed by atoms with E-state index in [1.54, 1.807) is 0 Å². The molecule has 0 saturated heterocycles. The van der Waals surface area contributed by atoms with Crippen LogP contribution in [0.3, 0.4) is 0 Å². The third kappa shape index (κ3) is 4.98. The van der Waals surface area contributed by atoms with Crippen molar-refractivity contribution in [3.05, 3.63) is 58.1 Å². The van der Waals surface area contributed by atoms with E-state index in [4.69, 9.17) is 9.97 Å². The van der Waals surface area contributed by atoms with Crippen molar-refractivity contribution in [3.8, 4) is 0 Å². The minimum atomic E-state index is 0.000460. The van der Waals surface area contributed by atoms with E-state index in [2.05, 4.69) is 32.6 Å². The average Bonchev–Trinajstić information content (AvgIpc) is 2.76. The van der Waals surface area contributed by atoms with Gasteiger partial charge in [0.2, 0.25) is 5.95 Å². The van der Waals surface area contributed by atoms with Crippen LogP contribution in [0.25, 0.3) is 10.9 Å². The van der Waals surface area contributed by atoms with Crippen molar-refractivity contribution < 1.29 is 4.79 Å². The summed E-state index contributed by atoms with van der Waals surface area (Å²) >= 11 is 3.48. The van der Waals surface area contributed by atoms with Gasteiger partial charge in [-0.1, -0.05) is 28.1 Å². The van der Waals surface area contributed by atoms with Crippen molar-refractivity contribution in [2.24, 2.45) is 0 Å². The smallest absolute Gasteiger partial charge is 0.251 e. The number of anilines is 2. The zero-order valence-electron chi connectivity index (χ0n) is 18.2. The summed E-state index contributed by atoms with van der Waals surface area (Å²) in [5, 5.41) is 7.76. The van der Waals surface area contributed by atoms with Crippen LogP contribution in [0.2, 0.25) is 0 Å². The molecule has 0 spiro atoms. The third-order valence-corrected chi connectivity index (χ3v) is 6.71. The minimum absolute atomic E-state index is 0.000460. The van der Waals surface area contributed by atoms with Gasteiger partial charge in [-0.15, -0.1) is 0 Å². The number of hydrogen-bond acceptors (Lipinski definition) is 5. The Labute approximate surface area is 191 Å². The molecule has 1 saturated carbocycles. The van der Waals surface area contributed by atoms with Crippen LogP contribution in [0.15, 0.2) is 46.9 Å². The summed E-state index contributed by atoms with van der Waals surface area (Å²) in [6.45, 7) is 1.99. The summed E-state index contributed by atoms with van der Waals surface area (Å²) in [4.78, 5) is 24.1. The minimum Gasteiger partial charge on any atom is -0.362 e. The molecule has 0 unspecified atom stereocenters. The second-order valence-electron chi connectivity index (χ2n) is 8.41. The lowest BCUT2D eigenvalue weighted by Gasteiger charge is -2.30. The fraction of sp³-hybridized carbons (Fsp3) is 0.375. The van der Waals surface area contributed by atoms with Gasteiger partial charge >= 0.3 is 0 Å². The molecule has 162 valence electrons. The van der Waals surface area contributed by atoms with Gasteiger partial charge in [0, 0.05) is 41.6 Å². The number of carbonyl (C=O) groups is 1. The predicted molar refractivity (Wildman–Crippen MR) is 130 cm³/mol. The summed E-state index contributed by atoms with van der Waals surface area (Å²) in [6, 6.07) is 14.3. The Hall–Kier alpha value is -2.67.